The average molecular weight is 418 g/mol. The van der Waals surface area contributed by atoms with E-state index in [9.17, 15) is 4.79 Å². The second kappa shape index (κ2) is 7.69. The van der Waals surface area contributed by atoms with Crippen molar-refractivity contribution in [3.63, 3.8) is 0 Å². The molecule has 0 saturated carbocycles. The Kier molecular flexibility index (Phi) is 4.75. The third-order valence-corrected chi connectivity index (χ3v) is 6.23. The number of oxazole rings is 1. The summed E-state index contributed by atoms with van der Waals surface area (Å²) >= 11 is 2.87. The number of hydrogen-bond acceptors (Lipinski definition) is 6. The van der Waals surface area contributed by atoms with E-state index >= 15 is 0 Å². The van der Waals surface area contributed by atoms with Gasteiger partial charge in [-0.05, 0) is 35.7 Å². The molecule has 142 valence electrons. The first-order valence-electron chi connectivity index (χ1n) is 8.98. The second-order valence-corrected chi connectivity index (χ2v) is 8.15. The maximum atomic E-state index is 13.1. The minimum absolute atomic E-state index is 0.0544. The lowest BCUT2D eigenvalue weighted by molar-refractivity contribution is 0.538. The van der Waals surface area contributed by atoms with Crippen LogP contribution in [-0.4, -0.2) is 14.5 Å². The monoisotopic (exact) mass is 417 g/mol. The molecule has 0 N–H and O–H groups in total. The van der Waals surface area contributed by atoms with Crippen LogP contribution in [0.4, 0.5) is 0 Å². The van der Waals surface area contributed by atoms with Gasteiger partial charge in [0.05, 0.1) is 23.2 Å². The molecule has 5 rings (SSSR count). The SMILES string of the molecule is O=c1c2sccc2nc(SCc2cnc(-c3ccccc3)o2)n1-c1ccccc1. The van der Waals surface area contributed by atoms with Crippen molar-refractivity contribution in [3.8, 4) is 17.1 Å². The molecule has 29 heavy (non-hydrogen) atoms. The van der Waals surface area contributed by atoms with Crippen molar-refractivity contribution in [2.45, 2.75) is 10.9 Å². The molecule has 0 aliphatic rings. The molecule has 0 radical (unpaired) electrons. The molecule has 5 aromatic rings. The van der Waals surface area contributed by atoms with Gasteiger partial charge in [-0.25, -0.2) is 9.97 Å². The summed E-state index contributed by atoms with van der Waals surface area (Å²) in [5.41, 5.74) is 2.39. The maximum Gasteiger partial charge on any atom is 0.276 e. The fourth-order valence-corrected chi connectivity index (χ4v) is 4.66. The van der Waals surface area contributed by atoms with Crippen molar-refractivity contribution in [2.75, 3.05) is 0 Å². The molecule has 7 heteroatoms. The number of aromatic nitrogens is 3. The summed E-state index contributed by atoms with van der Waals surface area (Å²) in [4.78, 5) is 22.2. The second-order valence-electron chi connectivity index (χ2n) is 6.29. The number of hydrogen-bond donors (Lipinski definition) is 0. The van der Waals surface area contributed by atoms with Gasteiger partial charge in [0.1, 0.15) is 10.5 Å². The van der Waals surface area contributed by atoms with Crippen LogP contribution in [0.15, 0.2) is 92.7 Å². The average Bonchev–Trinajstić information content (AvgIpc) is 3.43. The van der Waals surface area contributed by atoms with E-state index in [1.54, 1.807) is 10.8 Å². The Morgan fingerprint density at radius 2 is 1.76 bits per heavy atom. The van der Waals surface area contributed by atoms with Crippen molar-refractivity contribution in [1.82, 2.24) is 14.5 Å². The smallest absolute Gasteiger partial charge is 0.276 e. The fraction of sp³-hybridized carbons (Fsp3) is 0.0455. The Bertz CT molecular complexity index is 1320. The first kappa shape index (κ1) is 17.9. The Morgan fingerprint density at radius 3 is 2.55 bits per heavy atom. The maximum absolute atomic E-state index is 13.1. The first-order chi connectivity index (χ1) is 14.3. The Balaban J connectivity index is 1.49. The highest BCUT2D eigenvalue weighted by molar-refractivity contribution is 7.98. The molecule has 3 aromatic heterocycles. The molecule has 0 atom stereocenters. The molecule has 5 nitrogen and oxygen atoms in total. The van der Waals surface area contributed by atoms with Crippen LogP contribution in [0.1, 0.15) is 5.76 Å². The topological polar surface area (TPSA) is 60.9 Å². The minimum atomic E-state index is -0.0544. The lowest BCUT2D eigenvalue weighted by Crippen LogP contribution is -2.20. The molecule has 0 unspecified atom stereocenters. The largest absolute Gasteiger partial charge is 0.440 e. The fourth-order valence-electron chi connectivity index (χ4n) is 3.02. The summed E-state index contributed by atoms with van der Waals surface area (Å²) < 4.78 is 8.22. The van der Waals surface area contributed by atoms with E-state index in [0.717, 1.165) is 22.5 Å². The minimum Gasteiger partial charge on any atom is -0.440 e. The van der Waals surface area contributed by atoms with Gasteiger partial charge in [0.15, 0.2) is 5.16 Å². The molecule has 3 heterocycles. The van der Waals surface area contributed by atoms with Gasteiger partial charge in [-0.15, -0.1) is 11.3 Å². The third-order valence-electron chi connectivity index (χ3n) is 4.38. The number of nitrogens with zero attached hydrogens (tertiary/aromatic N) is 3. The zero-order valence-electron chi connectivity index (χ0n) is 15.2. The summed E-state index contributed by atoms with van der Waals surface area (Å²) in [6, 6.07) is 21.2. The molecule has 0 saturated heterocycles. The van der Waals surface area contributed by atoms with Crippen molar-refractivity contribution in [1.29, 1.82) is 0 Å². The number of benzene rings is 2. The van der Waals surface area contributed by atoms with E-state index in [2.05, 4.69) is 4.98 Å². The first-order valence-corrected chi connectivity index (χ1v) is 10.8. The zero-order valence-corrected chi connectivity index (χ0v) is 16.8. The molecular weight excluding hydrogens is 402 g/mol. The van der Waals surface area contributed by atoms with E-state index in [4.69, 9.17) is 9.40 Å². The predicted octanol–water partition coefficient (Wildman–Crippen LogP) is 5.39. The Morgan fingerprint density at radius 1 is 1.00 bits per heavy atom. The Hall–Kier alpha value is -3.16. The van der Waals surface area contributed by atoms with Crippen molar-refractivity contribution in [2.24, 2.45) is 0 Å². The van der Waals surface area contributed by atoms with E-state index in [1.807, 2.05) is 72.1 Å². The summed E-state index contributed by atoms with van der Waals surface area (Å²) in [7, 11) is 0. The van der Waals surface area contributed by atoms with Crippen LogP contribution in [0.25, 0.3) is 27.4 Å². The summed E-state index contributed by atoms with van der Waals surface area (Å²) in [6.07, 6.45) is 1.73. The molecule has 0 spiro atoms. The highest BCUT2D eigenvalue weighted by atomic mass is 32.2. The predicted molar refractivity (Wildman–Crippen MR) is 117 cm³/mol. The van der Waals surface area contributed by atoms with Gasteiger partial charge in [-0.1, -0.05) is 48.2 Å². The van der Waals surface area contributed by atoms with Crippen molar-refractivity contribution >= 4 is 33.3 Å². The van der Waals surface area contributed by atoms with Crippen LogP contribution >= 0.6 is 23.1 Å². The summed E-state index contributed by atoms with van der Waals surface area (Å²) in [5, 5.41) is 2.52. The normalized spacial score (nSPS) is 11.2. The zero-order chi connectivity index (χ0) is 19.6. The molecule has 0 amide bonds. The van der Waals surface area contributed by atoms with Gasteiger partial charge >= 0.3 is 0 Å². The van der Waals surface area contributed by atoms with E-state index in [1.165, 1.54) is 23.1 Å². The quantitative estimate of drug-likeness (QED) is 0.283. The van der Waals surface area contributed by atoms with E-state index < -0.39 is 0 Å². The molecule has 0 aliphatic carbocycles. The van der Waals surface area contributed by atoms with Gasteiger partial charge in [0.2, 0.25) is 5.89 Å². The number of thioether (sulfide) groups is 1. The van der Waals surface area contributed by atoms with Crippen LogP contribution in [0.5, 0.6) is 0 Å². The summed E-state index contributed by atoms with van der Waals surface area (Å²) in [6.45, 7) is 0. The lowest BCUT2D eigenvalue weighted by Gasteiger charge is -2.11. The van der Waals surface area contributed by atoms with Gasteiger partial charge in [-0.2, -0.15) is 0 Å². The van der Waals surface area contributed by atoms with Crippen LogP contribution in [0.3, 0.4) is 0 Å². The molecule has 0 fully saturated rings. The third kappa shape index (κ3) is 3.50. The molecule has 2 aromatic carbocycles. The van der Waals surface area contributed by atoms with Crippen LogP contribution in [0.2, 0.25) is 0 Å². The van der Waals surface area contributed by atoms with E-state index in [0.29, 0.717) is 21.5 Å². The number of rotatable bonds is 5. The van der Waals surface area contributed by atoms with Crippen molar-refractivity contribution < 1.29 is 4.42 Å². The van der Waals surface area contributed by atoms with Gasteiger partial charge in [0, 0.05) is 5.56 Å². The molecule has 0 aliphatic heterocycles. The summed E-state index contributed by atoms with van der Waals surface area (Å²) in [5.74, 6) is 1.84. The van der Waals surface area contributed by atoms with Crippen molar-refractivity contribution in [3.05, 3.63) is 94.4 Å². The van der Waals surface area contributed by atoms with Gasteiger partial charge in [-0.3, -0.25) is 9.36 Å². The van der Waals surface area contributed by atoms with E-state index in [-0.39, 0.29) is 5.56 Å². The Labute approximate surface area is 174 Å². The van der Waals surface area contributed by atoms with Crippen LogP contribution in [-0.2, 0) is 5.75 Å². The number of para-hydroxylation sites is 1. The number of thiophene rings is 1. The van der Waals surface area contributed by atoms with Crippen LogP contribution in [0, 0.1) is 0 Å². The highest BCUT2D eigenvalue weighted by Gasteiger charge is 2.15. The van der Waals surface area contributed by atoms with Gasteiger partial charge in [0.25, 0.3) is 5.56 Å². The van der Waals surface area contributed by atoms with Crippen LogP contribution < -0.4 is 5.56 Å². The molecular formula is C22H15N3O2S2. The lowest BCUT2D eigenvalue weighted by atomic mass is 10.2. The highest BCUT2D eigenvalue weighted by Crippen LogP contribution is 2.27. The standard InChI is InChI=1S/C22H15N3O2S2/c26-21-19-18(11-12-28-19)24-22(25(21)16-9-5-2-6-10-16)29-14-17-13-23-20(27-17)15-7-3-1-4-8-15/h1-13H,14H2. The van der Waals surface area contributed by atoms with Gasteiger partial charge < -0.3 is 4.42 Å². The molecule has 0 bridgehead atoms. The number of fused-ring (bicyclic) bond motifs is 1.